The Bertz CT molecular complexity index is 805. The normalized spacial score (nSPS) is 12.0. The predicted octanol–water partition coefficient (Wildman–Crippen LogP) is 4.39. The second-order valence-electron chi connectivity index (χ2n) is 4.93. The average molecular weight is 453 g/mol. The van der Waals surface area contributed by atoms with Crippen molar-refractivity contribution >= 4 is 38.3 Å². The molecule has 0 aliphatic carbocycles. The largest absolute Gasteiger partial charge is 0.433 e. The molecule has 0 aliphatic heterocycles. The Labute approximate surface area is 147 Å². The Hall–Kier alpha value is -1.42. The summed E-state index contributed by atoms with van der Waals surface area (Å²) in [5, 5.41) is 0. The molecule has 0 aromatic heterocycles. The van der Waals surface area contributed by atoms with Crippen molar-refractivity contribution in [2.24, 2.45) is 0 Å². The molecule has 2 aromatic carbocycles. The summed E-state index contributed by atoms with van der Waals surface area (Å²) in [4.78, 5) is 0.0839. The Morgan fingerprint density at radius 1 is 1.17 bits per heavy atom. The minimum atomic E-state index is -3.81. The smallest absolute Gasteiger partial charge is 0.394 e. The summed E-state index contributed by atoms with van der Waals surface area (Å²) >= 11 is 1.95. The molecule has 2 rings (SSSR count). The van der Waals surface area contributed by atoms with Crippen LogP contribution in [0.5, 0.6) is 5.75 Å². The molecule has 0 radical (unpaired) electrons. The van der Waals surface area contributed by atoms with Crippen molar-refractivity contribution in [3.63, 3.8) is 0 Å². The first-order chi connectivity index (χ1) is 10.6. The maximum absolute atomic E-state index is 13.0. The van der Waals surface area contributed by atoms with Crippen LogP contribution in [0.3, 0.4) is 0 Å². The SMILES string of the molecule is Cc1cc(OC(C)(F)F)cc(NS(=O)(=O)c2ccccc2)c1I. The highest BCUT2D eigenvalue weighted by molar-refractivity contribution is 14.1. The second-order valence-corrected chi connectivity index (χ2v) is 7.69. The summed E-state index contributed by atoms with van der Waals surface area (Å²) in [6, 6.07) is 10.5. The molecular formula is C15H14F2INO3S. The summed E-state index contributed by atoms with van der Waals surface area (Å²) in [5.74, 6) is -0.110. The van der Waals surface area contributed by atoms with Crippen molar-refractivity contribution in [3.05, 3.63) is 51.6 Å². The van der Waals surface area contributed by atoms with E-state index in [0.717, 1.165) is 0 Å². The van der Waals surface area contributed by atoms with E-state index in [2.05, 4.69) is 9.46 Å². The number of alkyl halides is 2. The summed E-state index contributed by atoms with van der Waals surface area (Å²) in [6.07, 6.45) is -3.35. The maximum atomic E-state index is 13.0. The minimum absolute atomic E-state index is 0.0839. The van der Waals surface area contributed by atoms with Crippen molar-refractivity contribution < 1.29 is 21.9 Å². The Morgan fingerprint density at radius 2 is 1.78 bits per heavy atom. The molecule has 0 fully saturated rings. The van der Waals surface area contributed by atoms with E-state index >= 15 is 0 Å². The third kappa shape index (κ3) is 4.77. The topological polar surface area (TPSA) is 55.4 Å². The van der Waals surface area contributed by atoms with Crippen LogP contribution < -0.4 is 9.46 Å². The number of rotatable bonds is 5. The molecule has 0 saturated heterocycles. The van der Waals surface area contributed by atoms with Gasteiger partial charge in [-0.1, -0.05) is 18.2 Å². The van der Waals surface area contributed by atoms with E-state index in [1.54, 1.807) is 25.1 Å². The van der Waals surface area contributed by atoms with Gasteiger partial charge in [0.15, 0.2) is 0 Å². The van der Waals surface area contributed by atoms with Crippen LogP contribution in [-0.2, 0) is 10.0 Å². The number of hydrogen-bond donors (Lipinski definition) is 1. The van der Waals surface area contributed by atoms with Crippen LogP contribution in [0.1, 0.15) is 12.5 Å². The van der Waals surface area contributed by atoms with Crippen LogP contribution in [0.15, 0.2) is 47.4 Å². The molecule has 0 unspecified atom stereocenters. The molecule has 124 valence electrons. The Morgan fingerprint density at radius 3 is 2.35 bits per heavy atom. The van der Waals surface area contributed by atoms with Crippen molar-refractivity contribution in [1.82, 2.24) is 0 Å². The third-order valence-corrected chi connectivity index (χ3v) is 5.64. The van der Waals surface area contributed by atoms with Crippen molar-refractivity contribution in [2.75, 3.05) is 4.72 Å². The zero-order valence-corrected chi connectivity index (χ0v) is 15.3. The van der Waals surface area contributed by atoms with Gasteiger partial charge in [0, 0.05) is 16.6 Å². The van der Waals surface area contributed by atoms with Crippen LogP contribution in [0.2, 0.25) is 0 Å². The number of anilines is 1. The first kappa shape index (κ1) is 17.9. The van der Waals surface area contributed by atoms with Gasteiger partial charge in [-0.3, -0.25) is 4.72 Å². The monoisotopic (exact) mass is 453 g/mol. The summed E-state index contributed by atoms with van der Waals surface area (Å²) in [7, 11) is -3.81. The van der Waals surface area contributed by atoms with E-state index in [9.17, 15) is 17.2 Å². The molecule has 4 nitrogen and oxygen atoms in total. The number of aryl methyl sites for hydroxylation is 1. The van der Waals surface area contributed by atoms with Gasteiger partial charge in [0.1, 0.15) is 5.75 Å². The van der Waals surface area contributed by atoms with E-state index in [0.29, 0.717) is 16.1 Å². The molecule has 8 heteroatoms. The zero-order chi connectivity index (χ0) is 17.3. The minimum Gasteiger partial charge on any atom is -0.433 e. The van der Waals surface area contributed by atoms with E-state index in [4.69, 9.17) is 0 Å². The van der Waals surface area contributed by atoms with E-state index < -0.39 is 16.1 Å². The van der Waals surface area contributed by atoms with E-state index in [1.165, 1.54) is 24.3 Å². The number of nitrogens with one attached hydrogen (secondary N) is 1. The number of sulfonamides is 1. The fourth-order valence-corrected chi connectivity index (χ4v) is 3.59. The highest BCUT2D eigenvalue weighted by Gasteiger charge is 2.24. The van der Waals surface area contributed by atoms with Gasteiger partial charge in [-0.25, -0.2) is 8.42 Å². The fraction of sp³-hybridized carbons (Fsp3) is 0.200. The number of benzene rings is 2. The van der Waals surface area contributed by atoms with E-state index in [-0.39, 0.29) is 16.3 Å². The first-order valence-electron chi connectivity index (χ1n) is 6.53. The molecular weight excluding hydrogens is 439 g/mol. The number of ether oxygens (including phenoxy) is 1. The molecule has 0 aliphatic rings. The number of hydrogen-bond acceptors (Lipinski definition) is 3. The molecule has 0 bridgehead atoms. The van der Waals surface area contributed by atoms with Gasteiger partial charge in [-0.15, -0.1) is 0 Å². The van der Waals surface area contributed by atoms with Crippen molar-refractivity contribution in [3.8, 4) is 5.75 Å². The van der Waals surface area contributed by atoms with Crippen LogP contribution in [0.4, 0.5) is 14.5 Å². The van der Waals surface area contributed by atoms with Crippen LogP contribution in [0, 0.1) is 10.5 Å². The lowest BCUT2D eigenvalue weighted by molar-refractivity contribution is -0.158. The standard InChI is InChI=1S/C15H14F2INO3S/c1-10-8-11(22-15(2,16)17)9-13(14(10)18)19-23(20,21)12-6-4-3-5-7-12/h3-9,19H,1-2H3. The highest BCUT2D eigenvalue weighted by atomic mass is 127. The van der Waals surface area contributed by atoms with E-state index in [1.807, 2.05) is 22.6 Å². The lowest BCUT2D eigenvalue weighted by Crippen LogP contribution is -2.20. The molecule has 0 heterocycles. The highest BCUT2D eigenvalue weighted by Crippen LogP contribution is 2.32. The summed E-state index contributed by atoms with van der Waals surface area (Å²) < 4.78 is 58.3. The van der Waals surface area contributed by atoms with Gasteiger partial charge in [0.2, 0.25) is 0 Å². The molecule has 23 heavy (non-hydrogen) atoms. The molecule has 1 N–H and O–H groups in total. The predicted molar refractivity (Wildman–Crippen MR) is 92.4 cm³/mol. The summed E-state index contributed by atoms with van der Waals surface area (Å²) in [6.45, 7) is 2.30. The van der Waals surface area contributed by atoms with Gasteiger partial charge >= 0.3 is 6.11 Å². The maximum Gasteiger partial charge on any atom is 0.394 e. The number of halogens is 3. The third-order valence-electron chi connectivity index (χ3n) is 2.82. The van der Waals surface area contributed by atoms with Crippen molar-refractivity contribution in [2.45, 2.75) is 24.9 Å². The molecule has 0 amide bonds. The fourth-order valence-electron chi connectivity index (χ4n) is 1.88. The zero-order valence-electron chi connectivity index (χ0n) is 12.3. The van der Waals surface area contributed by atoms with Crippen molar-refractivity contribution in [1.29, 1.82) is 0 Å². The lowest BCUT2D eigenvalue weighted by atomic mass is 10.2. The molecule has 2 aromatic rings. The molecule has 0 saturated carbocycles. The Kier molecular flexibility index (Phi) is 5.14. The van der Waals surface area contributed by atoms with Gasteiger partial charge < -0.3 is 4.74 Å². The van der Waals surface area contributed by atoms with Gasteiger partial charge in [-0.2, -0.15) is 8.78 Å². The first-order valence-corrected chi connectivity index (χ1v) is 9.09. The Balaban J connectivity index is 2.40. The van der Waals surface area contributed by atoms with Crippen LogP contribution in [0.25, 0.3) is 0 Å². The average Bonchev–Trinajstić information content (AvgIpc) is 2.43. The molecule has 0 atom stereocenters. The molecule has 0 spiro atoms. The quantitative estimate of drug-likeness (QED) is 0.684. The van der Waals surface area contributed by atoms with Gasteiger partial charge in [0.25, 0.3) is 10.0 Å². The van der Waals surface area contributed by atoms with Crippen LogP contribution in [-0.4, -0.2) is 14.5 Å². The van der Waals surface area contributed by atoms with Gasteiger partial charge in [-0.05, 0) is 53.3 Å². The van der Waals surface area contributed by atoms with Crippen LogP contribution >= 0.6 is 22.6 Å². The summed E-state index contributed by atoms with van der Waals surface area (Å²) in [5.41, 5.74) is 0.812. The lowest BCUT2D eigenvalue weighted by Gasteiger charge is -2.17. The second kappa shape index (κ2) is 6.60. The van der Waals surface area contributed by atoms with Gasteiger partial charge in [0.05, 0.1) is 10.6 Å².